The Morgan fingerprint density at radius 1 is 1.31 bits per heavy atom. The van der Waals surface area contributed by atoms with Crippen LogP contribution in [0, 0.1) is 0 Å². The van der Waals surface area contributed by atoms with Crippen molar-refractivity contribution in [2.24, 2.45) is 0 Å². The van der Waals surface area contributed by atoms with E-state index in [1.165, 1.54) is 0 Å². The molecule has 0 saturated heterocycles. The summed E-state index contributed by atoms with van der Waals surface area (Å²) in [5.41, 5.74) is 0. The second-order valence-corrected chi connectivity index (χ2v) is 2.89. The van der Waals surface area contributed by atoms with Crippen molar-refractivity contribution in [1.82, 2.24) is 0 Å². The van der Waals surface area contributed by atoms with Gasteiger partial charge in [0, 0.05) is 0 Å². The molecule has 72 valence electrons. The summed E-state index contributed by atoms with van der Waals surface area (Å²) in [6.45, 7) is 1.43. The molecule has 2 N–H and O–H groups in total. The van der Waals surface area contributed by atoms with Crippen molar-refractivity contribution in [2.45, 2.75) is 19.1 Å². The average Bonchev–Trinajstić information content (AvgIpc) is 2.18. The smallest absolute Gasteiger partial charge is 0.124 e. The van der Waals surface area contributed by atoms with E-state index in [4.69, 9.17) is 9.84 Å². The zero-order valence-electron chi connectivity index (χ0n) is 7.55. The van der Waals surface area contributed by atoms with Gasteiger partial charge in [0.2, 0.25) is 0 Å². The molecule has 0 spiro atoms. The van der Waals surface area contributed by atoms with Crippen molar-refractivity contribution in [3.63, 3.8) is 0 Å². The Balaban J connectivity index is 2.50. The maximum absolute atomic E-state index is 9.21. The van der Waals surface area contributed by atoms with E-state index in [0.717, 1.165) is 0 Å². The van der Waals surface area contributed by atoms with Crippen LogP contribution in [0.1, 0.15) is 6.92 Å². The van der Waals surface area contributed by atoms with Gasteiger partial charge >= 0.3 is 0 Å². The van der Waals surface area contributed by atoms with E-state index in [2.05, 4.69) is 0 Å². The highest BCUT2D eigenvalue weighted by Gasteiger charge is 2.13. The number of benzene rings is 1. The minimum Gasteiger partial charge on any atom is -0.488 e. The zero-order chi connectivity index (χ0) is 9.68. The summed E-state index contributed by atoms with van der Waals surface area (Å²) < 4.78 is 5.36. The molecule has 0 aromatic heterocycles. The van der Waals surface area contributed by atoms with E-state index in [1.807, 2.05) is 18.2 Å². The molecule has 0 fully saturated rings. The minimum absolute atomic E-state index is 0.284. The van der Waals surface area contributed by atoms with Gasteiger partial charge in [0.05, 0.1) is 6.61 Å². The van der Waals surface area contributed by atoms with Crippen LogP contribution in [0.4, 0.5) is 0 Å². The van der Waals surface area contributed by atoms with Gasteiger partial charge in [-0.15, -0.1) is 0 Å². The van der Waals surface area contributed by atoms with Crippen molar-refractivity contribution in [2.75, 3.05) is 6.61 Å². The summed E-state index contributed by atoms with van der Waals surface area (Å²) >= 11 is 0. The second-order valence-electron chi connectivity index (χ2n) is 2.89. The number of rotatable bonds is 4. The maximum Gasteiger partial charge on any atom is 0.124 e. The molecule has 0 aliphatic carbocycles. The molecule has 1 aromatic rings. The first-order valence-corrected chi connectivity index (χ1v) is 4.24. The first-order valence-electron chi connectivity index (χ1n) is 4.24. The highest BCUT2D eigenvalue weighted by atomic mass is 16.5. The van der Waals surface area contributed by atoms with Crippen LogP contribution < -0.4 is 4.74 Å². The fourth-order valence-corrected chi connectivity index (χ4v) is 0.941. The Hall–Kier alpha value is -1.06. The molecular weight excluding hydrogens is 168 g/mol. The van der Waals surface area contributed by atoms with Crippen LogP contribution in [0.15, 0.2) is 30.3 Å². The first-order chi connectivity index (χ1) is 6.24. The van der Waals surface area contributed by atoms with E-state index in [9.17, 15) is 5.11 Å². The van der Waals surface area contributed by atoms with Crippen LogP contribution in [-0.4, -0.2) is 29.0 Å². The fourth-order valence-electron chi connectivity index (χ4n) is 0.941. The lowest BCUT2D eigenvalue weighted by Crippen LogP contribution is -2.31. The summed E-state index contributed by atoms with van der Waals surface area (Å²) in [6.07, 6.45) is -1.23. The normalized spacial score (nSPS) is 15.0. The Kier molecular flexibility index (Phi) is 3.73. The standard InChI is InChI=1S/C10H14O3/c1-8(10(12)7-11)13-9-5-3-2-4-6-9/h2-6,8,10-12H,7H2,1H3. The van der Waals surface area contributed by atoms with Crippen molar-refractivity contribution in [3.05, 3.63) is 30.3 Å². The molecular formula is C10H14O3. The quantitative estimate of drug-likeness (QED) is 0.724. The largest absolute Gasteiger partial charge is 0.488 e. The van der Waals surface area contributed by atoms with E-state index in [1.54, 1.807) is 19.1 Å². The summed E-state index contributed by atoms with van der Waals surface area (Å²) in [4.78, 5) is 0. The fraction of sp³-hybridized carbons (Fsp3) is 0.400. The maximum atomic E-state index is 9.21. The average molecular weight is 182 g/mol. The lowest BCUT2D eigenvalue weighted by Gasteiger charge is -2.18. The Bertz CT molecular complexity index is 235. The monoisotopic (exact) mass is 182 g/mol. The van der Waals surface area contributed by atoms with Crippen LogP contribution >= 0.6 is 0 Å². The van der Waals surface area contributed by atoms with Gasteiger partial charge in [0.15, 0.2) is 0 Å². The molecule has 3 nitrogen and oxygen atoms in total. The Labute approximate surface area is 77.6 Å². The molecule has 0 amide bonds. The van der Waals surface area contributed by atoms with Gasteiger partial charge in [-0.2, -0.15) is 0 Å². The third-order valence-electron chi connectivity index (χ3n) is 1.79. The summed E-state index contributed by atoms with van der Waals surface area (Å²) in [5, 5.41) is 17.9. The molecule has 1 aromatic carbocycles. The second kappa shape index (κ2) is 4.84. The molecule has 0 aliphatic heterocycles. The summed E-state index contributed by atoms with van der Waals surface area (Å²) in [6, 6.07) is 9.21. The van der Waals surface area contributed by atoms with Gasteiger partial charge in [0.25, 0.3) is 0 Å². The highest BCUT2D eigenvalue weighted by molar-refractivity contribution is 5.21. The highest BCUT2D eigenvalue weighted by Crippen LogP contribution is 2.11. The van der Waals surface area contributed by atoms with Crippen molar-refractivity contribution < 1.29 is 14.9 Å². The molecule has 0 aliphatic rings. The molecule has 3 heteroatoms. The molecule has 2 unspecified atom stereocenters. The van der Waals surface area contributed by atoms with Crippen LogP contribution in [0.3, 0.4) is 0 Å². The number of ether oxygens (including phenoxy) is 1. The molecule has 2 atom stereocenters. The van der Waals surface area contributed by atoms with E-state index in [0.29, 0.717) is 5.75 Å². The third-order valence-corrected chi connectivity index (χ3v) is 1.79. The van der Waals surface area contributed by atoms with E-state index >= 15 is 0 Å². The van der Waals surface area contributed by atoms with Crippen molar-refractivity contribution >= 4 is 0 Å². The van der Waals surface area contributed by atoms with Gasteiger partial charge < -0.3 is 14.9 Å². The lowest BCUT2D eigenvalue weighted by molar-refractivity contribution is 0.00816. The number of hydrogen-bond donors (Lipinski definition) is 2. The Morgan fingerprint density at radius 2 is 1.92 bits per heavy atom. The van der Waals surface area contributed by atoms with Crippen LogP contribution in [-0.2, 0) is 0 Å². The minimum atomic E-state index is -0.833. The first kappa shape index (κ1) is 10.0. The summed E-state index contributed by atoms with van der Waals surface area (Å²) in [5.74, 6) is 0.697. The van der Waals surface area contributed by atoms with Gasteiger partial charge in [-0.25, -0.2) is 0 Å². The van der Waals surface area contributed by atoms with Gasteiger partial charge in [-0.05, 0) is 19.1 Å². The van der Waals surface area contributed by atoms with Crippen molar-refractivity contribution in [3.8, 4) is 5.75 Å². The molecule has 0 bridgehead atoms. The van der Waals surface area contributed by atoms with Gasteiger partial charge in [-0.1, -0.05) is 18.2 Å². The predicted octanol–water partition coefficient (Wildman–Crippen LogP) is 0.807. The third kappa shape index (κ3) is 3.05. The zero-order valence-corrected chi connectivity index (χ0v) is 7.55. The van der Waals surface area contributed by atoms with E-state index < -0.39 is 12.2 Å². The number of aliphatic hydroxyl groups is 2. The Morgan fingerprint density at radius 3 is 2.46 bits per heavy atom. The number of aliphatic hydroxyl groups excluding tert-OH is 2. The topological polar surface area (TPSA) is 49.7 Å². The molecule has 0 radical (unpaired) electrons. The van der Waals surface area contributed by atoms with Gasteiger partial charge in [0.1, 0.15) is 18.0 Å². The van der Waals surface area contributed by atoms with E-state index in [-0.39, 0.29) is 6.61 Å². The van der Waals surface area contributed by atoms with Gasteiger partial charge in [-0.3, -0.25) is 0 Å². The molecule has 1 rings (SSSR count). The lowest BCUT2D eigenvalue weighted by atomic mass is 10.2. The molecule has 13 heavy (non-hydrogen) atoms. The number of para-hydroxylation sites is 1. The number of hydrogen-bond acceptors (Lipinski definition) is 3. The SMILES string of the molecule is CC(Oc1ccccc1)C(O)CO. The summed E-state index contributed by atoms with van der Waals surface area (Å²) in [7, 11) is 0. The van der Waals surface area contributed by atoms with Crippen molar-refractivity contribution in [1.29, 1.82) is 0 Å². The molecule has 0 saturated carbocycles. The van der Waals surface area contributed by atoms with Crippen LogP contribution in [0.5, 0.6) is 5.75 Å². The van der Waals surface area contributed by atoms with Crippen LogP contribution in [0.2, 0.25) is 0 Å². The predicted molar refractivity (Wildman–Crippen MR) is 49.6 cm³/mol. The van der Waals surface area contributed by atoms with Crippen LogP contribution in [0.25, 0.3) is 0 Å². The molecule has 0 heterocycles.